The van der Waals surface area contributed by atoms with E-state index in [0.29, 0.717) is 17.4 Å². The summed E-state index contributed by atoms with van der Waals surface area (Å²) in [6.45, 7) is 5.78. The molecule has 1 fully saturated rings. The summed E-state index contributed by atoms with van der Waals surface area (Å²) in [6.07, 6.45) is -3.48. The van der Waals surface area contributed by atoms with E-state index in [1.807, 2.05) is 0 Å². The minimum atomic E-state index is -4.36. The van der Waals surface area contributed by atoms with Crippen LogP contribution in [0.15, 0.2) is 22.6 Å². The van der Waals surface area contributed by atoms with Crippen molar-refractivity contribution in [2.45, 2.75) is 31.9 Å². The van der Waals surface area contributed by atoms with Crippen LogP contribution >= 0.6 is 0 Å². The lowest BCUT2D eigenvalue weighted by Crippen LogP contribution is -2.35. The number of aromatic nitrogens is 1. The highest BCUT2D eigenvalue weighted by Gasteiger charge is 2.43. The van der Waals surface area contributed by atoms with Crippen LogP contribution in [-0.2, 0) is 11.6 Å². The van der Waals surface area contributed by atoms with Gasteiger partial charge in [0.25, 0.3) is 0 Å². The SMILES string of the molecule is CC(C)C1(c2nc3cc(C(F)(F)F)ccc3o2)CCNC1. The molecule has 0 radical (unpaired) electrons. The van der Waals surface area contributed by atoms with Crippen molar-refractivity contribution in [3.8, 4) is 0 Å². The highest BCUT2D eigenvalue weighted by atomic mass is 19.4. The van der Waals surface area contributed by atoms with Crippen molar-refractivity contribution in [3.05, 3.63) is 29.7 Å². The molecule has 2 aromatic rings. The van der Waals surface area contributed by atoms with Crippen LogP contribution in [0.2, 0.25) is 0 Å². The van der Waals surface area contributed by atoms with Crippen LogP contribution in [0.3, 0.4) is 0 Å². The molecule has 1 aliphatic rings. The summed E-state index contributed by atoms with van der Waals surface area (Å²) < 4.78 is 44.0. The maximum absolute atomic E-state index is 12.8. The maximum Gasteiger partial charge on any atom is 0.416 e. The average molecular weight is 298 g/mol. The molecule has 3 nitrogen and oxygen atoms in total. The van der Waals surface area contributed by atoms with Gasteiger partial charge in [-0.1, -0.05) is 13.8 Å². The van der Waals surface area contributed by atoms with Gasteiger partial charge in [-0.15, -0.1) is 0 Å². The van der Waals surface area contributed by atoms with Crippen molar-refractivity contribution >= 4 is 11.1 Å². The van der Waals surface area contributed by atoms with Gasteiger partial charge in [0.1, 0.15) is 5.52 Å². The number of hydrogen-bond donors (Lipinski definition) is 1. The summed E-state index contributed by atoms with van der Waals surface area (Å²) in [5.74, 6) is 0.833. The van der Waals surface area contributed by atoms with Gasteiger partial charge in [-0.25, -0.2) is 4.98 Å². The van der Waals surface area contributed by atoms with E-state index in [2.05, 4.69) is 24.1 Å². The molecule has 1 aromatic heterocycles. The number of benzene rings is 1. The van der Waals surface area contributed by atoms with Gasteiger partial charge < -0.3 is 9.73 Å². The quantitative estimate of drug-likeness (QED) is 0.918. The Labute approximate surface area is 120 Å². The monoisotopic (exact) mass is 298 g/mol. The van der Waals surface area contributed by atoms with Crippen molar-refractivity contribution in [3.63, 3.8) is 0 Å². The molecule has 1 saturated heterocycles. The molecule has 0 aliphatic carbocycles. The van der Waals surface area contributed by atoms with Crippen LogP contribution < -0.4 is 5.32 Å². The number of nitrogens with one attached hydrogen (secondary N) is 1. The first-order valence-electron chi connectivity index (χ1n) is 7.02. The Hall–Kier alpha value is -1.56. The second kappa shape index (κ2) is 4.73. The molecule has 6 heteroatoms. The van der Waals surface area contributed by atoms with Gasteiger partial charge in [0.2, 0.25) is 5.89 Å². The van der Waals surface area contributed by atoms with Crippen molar-refractivity contribution in [2.75, 3.05) is 13.1 Å². The first kappa shape index (κ1) is 14.4. The molecular formula is C15H17F3N2O. The fourth-order valence-corrected chi connectivity index (χ4v) is 2.95. The van der Waals surface area contributed by atoms with Crippen LogP contribution in [0.25, 0.3) is 11.1 Å². The molecule has 2 heterocycles. The Morgan fingerprint density at radius 3 is 2.67 bits per heavy atom. The molecule has 1 aromatic carbocycles. The fourth-order valence-electron chi connectivity index (χ4n) is 2.95. The number of rotatable bonds is 2. The minimum Gasteiger partial charge on any atom is -0.440 e. The zero-order valence-electron chi connectivity index (χ0n) is 11.9. The molecule has 3 rings (SSSR count). The number of hydrogen-bond acceptors (Lipinski definition) is 3. The molecule has 21 heavy (non-hydrogen) atoms. The van der Waals surface area contributed by atoms with Gasteiger partial charge in [-0.05, 0) is 37.1 Å². The zero-order valence-corrected chi connectivity index (χ0v) is 11.9. The third-order valence-corrected chi connectivity index (χ3v) is 4.43. The van der Waals surface area contributed by atoms with E-state index in [1.165, 1.54) is 6.07 Å². The number of nitrogens with zero attached hydrogens (tertiary/aromatic N) is 1. The third kappa shape index (κ3) is 2.31. The number of oxazole rings is 1. The highest BCUT2D eigenvalue weighted by molar-refractivity contribution is 5.73. The van der Waals surface area contributed by atoms with Crippen LogP contribution in [0, 0.1) is 5.92 Å². The molecule has 0 spiro atoms. The Kier molecular flexibility index (Phi) is 3.24. The van der Waals surface area contributed by atoms with Crippen LogP contribution in [0.4, 0.5) is 13.2 Å². The van der Waals surface area contributed by atoms with E-state index >= 15 is 0 Å². The number of fused-ring (bicyclic) bond motifs is 1. The van der Waals surface area contributed by atoms with Crippen LogP contribution in [0.1, 0.15) is 31.7 Å². The Morgan fingerprint density at radius 2 is 2.10 bits per heavy atom. The van der Waals surface area contributed by atoms with E-state index in [-0.39, 0.29) is 10.9 Å². The van der Waals surface area contributed by atoms with Crippen molar-refractivity contribution < 1.29 is 17.6 Å². The van der Waals surface area contributed by atoms with Crippen LogP contribution in [0.5, 0.6) is 0 Å². The van der Waals surface area contributed by atoms with Gasteiger partial charge in [0.05, 0.1) is 11.0 Å². The van der Waals surface area contributed by atoms with Crippen LogP contribution in [-0.4, -0.2) is 18.1 Å². The van der Waals surface area contributed by atoms with Gasteiger partial charge in [0.15, 0.2) is 5.58 Å². The van der Waals surface area contributed by atoms with E-state index in [0.717, 1.165) is 31.6 Å². The predicted octanol–water partition coefficient (Wildman–Crippen LogP) is 3.73. The molecule has 1 aliphatic heterocycles. The molecule has 114 valence electrons. The minimum absolute atomic E-state index is 0.239. The van der Waals surface area contributed by atoms with Crippen molar-refractivity contribution in [1.29, 1.82) is 0 Å². The normalized spacial score (nSPS) is 23.3. The summed E-state index contributed by atoms with van der Waals surface area (Å²) in [7, 11) is 0. The molecule has 1 unspecified atom stereocenters. The van der Waals surface area contributed by atoms with Gasteiger partial charge in [-0.3, -0.25) is 0 Å². The molecule has 1 N–H and O–H groups in total. The molecular weight excluding hydrogens is 281 g/mol. The van der Waals surface area contributed by atoms with E-state index < -0.39 is 11.7 Å². The van der Waals surface area contributed by atoms with Gasteiger partial charge in [-0.2, -0.15) is 13.2 Å². The van der Waals surface area contributed by atoms with E-state index in [9.17, 15) is 13.2 Å². The first-order chi connectivity index (χ1) is 9.83. The maximum atomic E-state index is 12.8. The Balaban J connectivity index is 2.09. The molecule has 0 amide bonds. The lowest BCUT2D eigenvalue weighted by atomic mass is 9.76. The standard InChI is InChI=1S/C15H17F3N2O/c1-9(2)14(5-6-19-8-14)13-20-11-7-10(15(16,17)18)3-4-12(11)21-13/h3-4,7,9,19H,5-6,8H2,1-2H3. The van der Waals surface area contributed by atoms with Gasteiger partial charge in [0, 0.05) is 6.54 Å². The molecule has 0 saturated carbocycles. The summed E-state index contributed by atoms with van der Waals surface area (Å²) in [5, 5.41) is 3.29. The average Bonchev–Trinajstić information content (AvgIpc) is 3.04. The Bertz CT molecular complexity index is 654. The number of halogens is 3. The summed E-state index contributed by atoms with van der Waals surface area (Å²) in [4.78, 5) is 4.36. The second-order valence-electron chi connectivity index (χ2n) is 5.94. The summed E-state index contributed by atoms with van der Waals surface area (Å²) in [6, 6.07) is 3.44. The first-order valence-corrected chi connectivity index (χ1v) is 7.02. The largest absolute Gasteiger partial charge is 0.440 e. The number of alkyl halides is 3. The lowest BCUT2D eigenvalue weighted by Gasteiger charge is -2.28. The third-order valence-electron chi connectivity index (χ3n) is 4.43. The highest BCUT2D eigenvalue weighted by Crippen LogP contribution is 2.39. The van der Waals surface area contributed by atoms with Gasteiger partial charge >= 0.3 is 6.18 Å². The van der Waals surface area contributed by atoms with E-state index in [4.69, 9.17) is 4.42 Å². The Morgan fingerprint density at radius 1 is 1.33 bits per heavy atom. The lowest BCUT2D eigenvalue weighted by molar-refractivity contribution is -0.137. The van der Waals surface area contributed by atoms with Crippen molar-refractivity contribution in [1.82, 2.24) is 10.3 Å². The topological polar surface area (TPSA) is 38.1 Å². The summed E-state index contributed by atoms with van der Waals surface area (Å²) in [5.41, 5.74) is -0.257. The second-order valence-corrected chi connectivity index (χ2v) is 5.94. The van der Waals surface area contributed by atoms with E-state index in [1.54, 1.807) is 0 Å². The van der Waals surface area contributed by atoms with Crippen molar-refractivity contribution in [2.24, 2.45) is 5.92 Å². The summed E-state index contributed by atoms with van der Waals surface area (Å²) >= 11 is 0. The predicted molar refractivity (Wildman–Crippen MR) is 73.0 cm³/mol. The molecule has 0 bridgehead atoms. The smallest absolute Gasteiger partial charge is 0.416 e. The fraction of sp³-hybridized carbons (Fsp3) is 0.533. The zero-order chi connectivity index (χ0) is 15.3. The molecule has 1 atom stereocenters.